The summed E-state index contributed by atoms with van der Waals surface area (Å²) in [5.74, 6) is 0. The summed E-state index contributed by atoms with van der Waals surface area (Å²) in [5.41, 5.74) is 5.22. The van der Waals surface area contributed by atoms with Gasteiger partial charge in [-0.2, -0.15) is 0 Å². The average molecular weight is 374 g/mol. The number of benzene rings is 1. The fourth-order valence-electron chi connectivity index (χ4n) is 3.37. The Balaban J connectivity index is 1.42. The standard InChI is InChI=1S/C21H16ClN5/c22-20-12-15(19-13-25-21-18(19)2-1-8-24-21)7-10-27(20)17-5-3-16(4-6-17)26-11-9-23-14-26/h1-9,11-14H,10H2,(H,24,25). The van der Waals surface area contributed by atoms with Gasteiger partial charge in [-0.3, -0.25) is 0 Å². The lowest BCUT2D eigenvalue weighted by Gasteiger charge is -2.26. The number of aromatic nitrogens is 4. The van der Waals surface area contributed by atoms with Crippen molar-refractivity contribution < 1.29 is 0 Å². The minimum atomic E-state index is 0.695. The summed E-state index contributed by atoms with van der Waals surface area (Å²) >= 11 is 6.62. The molecule has 6 heteroatoms. The van der Waals surface area contributed by atoms with Crippen LogP contribution in [0.4, 0.5) is 5.69 Å². The normalized spacial score (nSPS) is 14.3. The second kappa shape index (κ2) is 6.45. The summed E-state index contributed by atoms with van der Waals surface area (Å²) < 4.78 is 1.97. The van der Waals surface area contributed by atoms with E-state index in [1.54, 1.807) is 18.7 Å². The van der Waals surface area contributed by atoms with Crippen LogP contribution in [0, 0.1) is 0 Å². The van der Waals surface area contributed by atoms with Gasteiger partial charge >= 0.3 is 0 Å². The monoisotopic (exact) mass is 373 g/mol. The highest BCUT2D eigenvalue weighted by Crippen LogP contribution is 2.32. The fourth-order valence-corrected chi connectivity index (χ4v) is 3.65. The van der Waals surface area contributed by atoms with Gasteiger partial charge in [-0.25, -0.2) is 9.97 Å². The third-order valence-electron chi connectivity index (χ3n) is 4.75. The first-order chi connectivity index (χ1) is 13.3. The minimum absolute atomic E-state index is 0.695. The largest absolute Gasteiger partial charge is 0.346 e. The van der Waals surface area contributed by atoms with Gasteiger partial charge in [0.25, 0.3) is 0 Å². The van der Waals surface area contributed by atoms with Crippen molar-refractivity contribution in [2.45, 2.75) is 0 Å². The highest BCUT2D eigenvalue weighted by Gasteiger charge is 2.17. The van der Waals surface area contributed by atoms with Crippen LogP contribution < -0.4 is 4.90 Å². The first-order valence-electron chi connectivity index (χ1n) is 8.65. The Labute approximate surface area is 161 Å². The molecule has 0 spiro atoms. The third-order valence-corrected chi connectivity index (χ3v) is 5.07. The molecular formula is C21H16ClN5. The summed E-state index contributed by atoms with van der Waals surface area (Å²) in [6.07, 6.45) is 13.4. The quantitative estimate of drug-likeness (QED) is 0.528. The molecule has 1 aromatic carbocycles. The Morgan fingerprint density at radius 1 is 1.04 bits per heavy atom. The number of H-pyrrole nitrogens is 1. The summed E-state index contributed by atoms with van der Waals surface area (Å²) in [6.45, 7) is 0.710. The van der Waals surface area contributed by atoms with Crippen molar-refractivity contribution in [2.24, 2.45) is 0 Å². The molecule has 4 aromatic rings. The second-order valence-corrected chi connectivity index (χ2v) is 6.71. The molecule has 1 aliphatic heterocycles. The maximum Gasteiger partial charge on any atom is 0.137 e. The molecule has 1 aliphatic rings. The molecule has 5 nitrogen and oxygen atoms in total. The molecule has 0 fully saturated rings. The number of pyridine rings is 1. The average Bonchev–Trinajstić information content (AvgIpc) is 3.38. The van der Waals surface area contributed by atoms with E-state index in [4.69, 9.17) is 11.6 Å². The smallest absolute Gasteiger partial charge is 0.137 e. The molecule has 0 unspecified atom stereocenters. The number of rotatable bonds is 3. The molecule has 132 valence electrons. The van der Waals surface area contributed by atoms with Crippen LogP contribution in [0.2, 0.25) is 0 Å². The molecule has 4 heterocycles. The van der Waals surface area contributed by atoms with Crippen molar-refractivity contribution in [3.63, 3.8) is 0 Å². The summed E-state index contributed by atoms with van der Waals surface area (Å²) in [4.78, 5) is 13.7. The van der Waals surface area contributed by atoms with Crippen LogP contribution in [0.25, 0.3) is 22.3 Å². The highest BCUT2D eigenvalue weighted by atomic mass is 35.5. The predicted molar refractivity (Wildman–Crippen MR) is 109 cm³/mol. The van der Waals surface area contributed by atoms with Crippen molar-refractivity contribution >= 4 is 33.9 Å². The van der Waals surface area contributed by atoms with Crippen molar-refractivity contribution in [3.8, 4) is 5.69 Å². The first-order valence-corrected chi connectivity index (χ1v) is 9.03. The number of nitrogens with zero attached hydrogens (tertiary/aromatic N) is 4. The fraction of sp³-hybridized carbons (Fsp3) is 0.0476. The molecule has 0 aliphatic carbocycles. The maximum absolute atomic E-state index is 6.62. The minimum Gasteiger partial charge on any atom is -0.346 e. The number of hydrogen-bond acceptors (Lipinski definition) is 3. The van der Waals surface area contributed by atoms with Gasteiger partial charge < -0.3 is 14.5 Å². The van der Waals surface area contributed by atoms with Crippen molar-refractivity contribution in [1.82, 2.24) is 19.5 Å². The van der Waals surface area contributed by atoms with Gasteiger partial charge in [-0.1, -0.05) is 17.7 Å². The molecule has 1 N–H and O–H groups in total. The van der Waals surface area contributed by atoms with Gasteiger partial charge in [0.15, 0.2) is 0 Å². The number of allylic oxidation sites excluding steroid dienone is 2. The molecule has 0 saturated heterocycles. The number of imidazole rings is 1. The molecule has 0 bridgehead atoms. The van der Waals surface area contributed by atoms with E-state index in [1.807, 2.05) is 29.1 Å². The Morgan fingerprint density at radius 3 is 2.67 bits per heavy atom. The van der Waals surface area contributed by atoms with E-state index in [9.17, 15) is 0 Å². The zero-order chi connectivity index (χ0) is 18.2. The molecule has 3 aromatic heterocycles. The van der Waals surface area contributed by atoms with Crippen molar-refractivity contribution in [2.75, 3.05) is 11.4 Å². The molecule has 0 amide bonds. The number of nitrogens with one attached hydrogen (secondary N) is 1. The lowest BCUT2D eigenvalue weighted by molar-refractivity contribution is 1.04. The van der Waals surface area contributed by atoms with E-state index < -0.39 is 0 Å². The van der Waals surface area contributed by atoms with Gasteiger partial charge in [-0.05, 0) is 48.0 Å². The molecule has 27 heavy (non-hydrogen) atoms. The Morgan fingerprint density at radius 2 is 1.89 bits per heavy atom. The molecule has 0 atom stereocenters. The topological polar surface area (TPSA) is 49.7 Å². The maximum atomic E-state index is 6.62. The summed E-state index contributed by atoms with van der Waals surface area (Å²) in [6, 6.07) is 12.3. The SMILES string of the molecule is ClC1=CC(c2c[nH]c3ncccc23)=CCN1c1ccc(-n2ccnc2)cc1. The van der Waals surface area contributed by atoms with E-state index in [0.717, 1.165) is 33.5 Å². The third kappa shape index (κ3) is 2.82. The van der Waals surface area contributed by atoms with E-state index >= 15 is 0 Å². The van der Waals surface area contributed by atoms with E-state index in [-0.39, 0.29) is 0 Å². The van der Waals surface area contributed by atoms with Crippen LogP contribution >= 0.6 is 11.6 Å². The molecule has 0 radical (unpaired) electrons. The Hall–Kier alpha value is -3.31. The van der Waals surface area contributed by atoms with Gasteiger partial charge in [0.1, 0.15) is 10.8 Å². The Kier molecular flexibility index (Phi) is 3.80. The van der Waals surface area contributed by atoms with E-state index in [2.05, 4.69) is 56.3 Å². The van der Waals surface area contributed by atoms with Gasteiger partial charge in [0, 0.05) is 53.7 Å². The number of anilines is 1. The van der Waals surface area contributed by atoms with Crippen molar-refractivity contribution in [3.05, 3.63) is 90.4 Å². The van der Waals surface area contributed by atoms with Crippen LogP contribution in [0.1, 0.15) is 5.56 Å². The Bertz CT molecular complexity index is 1150. The van der Waals surface area contributed by atoms with Gasteiger partial charge in [0.05, 0.1) is 6.33 Å². The summed E-state index contributed by atoms with van der Waals surface area (Å²) in [7, 11) is 0. The molecular weight excluding hydrogens is 358 g/mol. The summed E-state index contributed by atoms with van der Waals surface area (Å²) in [5, 5.41) is 1.80. The lowest BCUT2D eigenvalue weighted by atomic mass is 10.0. The van der Waals surface area contributed by atoms with E-state index in [1.165, 1.54) is 0 Å². The number of aromatic amines is 1. The second-order valence-electron chi connectivity index (χ2n) is 6.33. The van der Waals surface area contributed by atoms with E-state index in [0.29, 0.717) is 11.7 Å². The van der Waals surface area contributed by atoms with Crippen LogP contribution in [0.5, 0.6) is 0 Å². The number of halogens is 1. The van der Waals surface area contributed by atoms with Gasteiger partial charge in [-0.15, -0.1) is 0 Å². The van der Waals surface area contributed by atoms with Crippen LogP contribution in [-0.2, 0) is 0 Å². The van der Waals surface area contributed by atoms with Crippen LogP contribution in [0.3, 0.4) is 0 Å². The van der Waals surface area contributed by atoms with Crippen molar-refractivity contribution in [1.29, 1.82) is 0 Å². The molecule has 0 saturated carbocycles. The zero-order valence-corrected chi connectivity index (χ0v) is 15.1. The lowest BCUT2D eigenvalue weighted by Crippen LogP contribution is -2.22. The zero-order valence-electron chi connectivity index (χ0n) is 14.4. The van der Waals surface area contributed by atoms with Crippen LogP contribution in [-0.4, -0.2) is 26.1 Å². The number of fused-ring (bicyclic) bond motifs is 1. The number of hydrogen-bond donors (Lipinski definition) is 1. The molecule has 5 rings (SSSR count). The van der Waals surface area contributed by atoms with Crippen LogP contribution in [0.15, 0.2) is 84.8 Å². The van der Waals surface area contributed by atoms with Gasteiger partial charge in [0.2, 0.25) is 0 Å². The first kappa shape index (κ1) is 15.9. The highest BCUT2D eigenvalue weighted by molar-refractivity contribution is 6.32. The predicted octanol–water partition coefficient (Wildman–Crippen LogP) is 4.73.